The second-order valence-electron chi connectivity index (χ2n) is 7.19. The van der Waals surface area contributed by atoms with Crippen LogP contribution in [0.5, 0.6) is 0 Å². The number of aliphatic imine (C=N–C) groups is 1. The molecule has 32 heavy (non-hydrogen) atoms. The van der Waals surface area contributed by atoms with E-state index in [2.05, 4.69) is 25.3 Å². The number of thioether (sulfide) groups is 1. The highest BCUT2D eigenvalue weighted by atomic mass is 32.2. The molecule has 0 bridgehead atoms. The lowest BCUT2D eigenvalue weighted by molar-refractivity contribution is -0.121. The number of amidine groups is 1. The van der Waals surface area contributed by atoms with Crippen molar-refractivity contribution in [3.63, 3.8) is 0 Å². The van der Waals surface area contributed by atoms with Crippen LogP contribution < -0.4 is 16.8 Å². The molecule has 0 aliphatic carbocycles. The molecular weight excluding hydrogens is 473 g/mol. The van der Waals surface area contributed by atoms with Crippen molar-refractivity contribution >= 4 is 39.0 Å². The highest BCUT2D eigenvalue weighted by Crippen LogP contribution is 2.27. The molecule has 1 aliphatic rings. The second-order valence-corrected chi connectivity index (χ2v) is 10.3. The van der Waals surface area contributed by atoms with E-state index in [0.717, 1.165) is 23.9 Å². The average molecular weight is 493 g/mol. The lowest BCUT2D eigenvalue weighted by Crippen LogP contribution is -2.63. The minimum atomic E-state index is -3.15. The average Bonchev–Trinajstić information content (AvgIpc) is 3.13. The molecule has 2 aromatic rings. The van der Waals surface area contributed by atoms with Gasteiger partial charge in [0.2, 0.25) is 5.91 Å². The molecule has 0 spiro atoms. The Morgan fingerprint density at radius 2 is 2.06 bits per heavy atom. The lowest BCUT2D eigenvalue weighted by Gasteiger charge is -2.36. The SMILES string of the molecule is NC(=Nc1ccc(F)c(C(F)F)c1)c1nonc1SCCNC(=O)CC1(N)CS(=O)(=O)C1. The van der Waals surface area contributed by atoms with Crippen molar-refractivity contribution in [3.8, 4) is 0 Å². The summed E-state index contributed by atoms with van der Waals surface area (Å²) >= 11 is 1.13. The summed E-state index contributed by atoms with van der Waals surface area (Å²) in [5, 5.41) is 10.2. The van der Waals surface area contributed by atoms with Crippen LogP contribution in [0.15, 0.2) is 32.8 Å². The van der Waals surface area contributed by atoms with Gasteiger partial charge in [0.05, 0.1) is 28.3 Å². The molecule has 0 saturated carbocycles. The number of nitrogens with two attached hydrogens (primary N) is 2. The Hall–Kier alpha value is -2.65. The summed E-state index contributed by atoms with van der Waals surface area (Å²) in [4.78, 5) is 15.9. The third-order valence-electron chi connectivity index (χ3n) is 4.36. The van der Waals surface area contributed by atoms with Crippen LogP contribution in [0, 0.1) is 5.82 Å². The van der Waals surface area contributed by atoms with E-state index >= 15 is 0 Å². The van der Waals surface area contributed by atoms with Gasteiger partial charge in [-0.05, 0) is 28.5 Å². The maximum absolute atomic E-state index is 13.4. The molecule has 1 aromatic carbocycles. The van der Waals surface area contributed by atoms with E-state index in [9.17, 15) is 26.4 Å². The number of alkyl halides is 2. The van der Waals surface area contributed by atoms with Gasteiger partial charge in [-0.3, -0.25) is 4.79 Å². The Morgan fingerprint density at radius 1 is 1.34 bits per heavy atom. The molecule has 1 aliphatic heterocycles. The van der Waals surface area contributed by atoms with Crippen LogP contribution in [0.2, 0.25) is 0 Å². The van der Waals surface area contributed by atoms with E-state index in [1.807, 2.05) is 0 Å². The maximum atomic E-state index is 13.4. The number of nitrogens with one attached hydrogen (secondary N) is 1. The number of nitrogens with zero attached hydrogens (tertiary/aromatic N) is 3. The van der Waals surface area contributed by atoms with Gasteiger partial charge < -0.3 is 16.8 Å². The molecule has 15 heteroatoms. The molecule has 0 unspecified atom stereocenters. The minimum Gasteiger partial charge on any atom is -0.382 e. The molecule has 1 saturated heterocycles. The zero-order valence-electron chi connectivity index (χ0n) is 16.4. The normalized spacial score (nSPS) is 17.2. The summed E-state index contributed by atoms with van der Waals surface area (Å²) in [5.41, 5.74) is 9.93. The molecule has 1 aromatic heterocycles. The number of sulfone groups is 1. The fourth-order valence-electron chi connectivity index (χ4n) is 3.05. The van der Waals surface area contributed by atoms with E-state index in [0.29, 0.717) is 5.75 Å². The lowest BCUT2D eigenvalue weighted by atomic mass is 10.0. The van der Waals surface area contributed by atoms with E-state index in [4.69, 9.17) is 11.5 Å². The molecule has 1 amide bonds. The first kappa shape index (κ1) is 24.0. The number of carbonyl (C=O) groups excluding carboxylic acids is 1. The first-order valence-electron chi connectivity index (χ1n) is 9.11. The molecular formula is C17H19F3N6O4S2. The van der Waals surface area contributed by atoms with Crippen LogP contribution in [0.3, 0.4) is 0 Å². The molecule has 5 N–H and O–H groups in total. The quantitative estimate of drug-likeness (QED) is 0.199. The fraction of sp³-hybridized carbons (Fsp3) is 0.412. The number of carbonyl (C=O) groups is 1. The Bertz CT molecular complexity index is 1130. The predicted molar refractivity (Wildman–Crippen MR) is 110 cm³/mol. The van der Waals surface area contributed by atoms with E-state index < -0.39 is 33.2 Å². The van der Waals surface area contributed by atoms with E-state index in [1.165, 1.54) is 6.07 Å². The largest absolute Gasteiger partial charge is 0.382 e. The third-order valence-corrected chi connectivity index (χ3v) is 7.33. The van der Waals surface area contributed by atoms with Crippen molar-refractivity contribution in [2.75, 3.05) is 23.8 Å². The molecule has 0 radical (unpaired) electrons. The Kier molecular flexibility index (Phi) is 7.09. The Balaban J connectivity index is 1.54. The van der Waals surface area contributed by atoms with Gasteiger partial charge in [-0.25, -0.2) is 31.2 Å². The van der Waals surface area contributed by atoms with Gasteiger partial charge >= 0.3 is 0 Å². The van der Waals surface area contributed by atoms with Gasteiger partial charge in [0, 0.05) is 18.7 Å². The smallest absolute Gasteiger partial charge is 0.266 e. The molecule has 2 heterocycles. The number of aromatic nitrogens is 2. The van der Waals surface area contributed by atoms with Crippen LogP contribution in [-0.4, -0.2) is 59.8 Å². The Labute approximate surface area is 184 Å². The van der Waals surface area contributed by atoms with Gasteiger partial charge in [-0.1, -0.05) is 11.8 Å². The van der Waals surface area contributed by atoms with Crippen molar-refractivity contribution in [2.45, 2.75) is 23.4 Å². The highest BCUT2D eigenvalue weighted by molar-refractivity contribution is 7.99. The van der Waals surface area contributed by atoms with Gasteiger partial charge in [0.1, 0.15) is 5.82 Å². The van der Waals surface area contributed by atoms with Crippen LogP contribution in [0.1, 0.15) is 24.1 Å². The second kappa shape index (κ2) is 9.46. The van der Waals surface area contributed by atoms with E-state index in [1.54, 1.807) is 0 Å². The topological polar surface area (TPSA) is 167 Å². The predicted octanol–water partition coefficient (Wildman–Crippen LogP) is 0.908. The fourth-order valence-corrected chi connectivity index (χ4v) is 5.68. The number of rotatable bonds is 9. The summed E-state index contributed by atoms with van der Waals surface area (Å²) in [7, 11) is -3.15. The van der Waals surface area contributed by atoms with Crippen molar-refractivity contribution in [1.29, 1.82) is 0 Å². The number of benzene rings is 1. The van der Waals surface area contributed by atoms with E-state index in [-0.39, 0.29) is 52.6 Å². The number of halogens is 3. The van der Waals surface area contributed by atoms with Gasteiger partial charge in [-0.15, -0.1) is 0 Å². The zero-order chi connectivity index (χ0) is 23.5. The first-order chi connectivity index (χ1) is 15.0. The number of hydrogen-bond acceptors (Lipinski definition) is 9. The molecule has 0 atom stereocenters. The Morgan fingerprint density at radius 3 is 2.72 bits per heavy atom. The summed E-state index contributed by atoms with van der Waals surface area (Å²) in [6.45, 7) is 0.214. The molecule has 10 nitrogen and oxygen atoms in total. The zero-order valence-corrected chi connectivity index (χ0v) is 18.1. The molecule has 1 fully saturated rings. The number of amides is 1. The maximum Gasteiger partial charge on any atom is 0.266 e. The van der Waals surface area contributed by atoms with Crippen LogP contribution in [0.4, 0.5) is 18.9 Å². The summed E-state index contributed by atoms with van der Waals surface area (Å²) in [6, 6.07) is 2.92. The summed E-state index contributed by atoms with van der Waals surface area (Å²) in [6.07, 6.45) is -3.12. The van der Waals surface area contributed by atoms with Crippen molar-refractivity contribution < 1.29 is 31.0 Å². The monoisotopic (exact) mass is 492 g/mol. The van der Waals surface area contributed by atoms with Gasteiger partial charge in [0.15, 0.2) is 26.4 Å². The van der Waals surface area contributed by atoms with Crippen molar-refractivity contribution in [1.82, 2.24) is 15.6 Å². The molecule has 3 rings (SSSR count). The van der Waals surface area contributed by atoms with Gasteiger partial charge in [-0.2, -0.15) is 0 Å². The van der Waals surface area contributed by atoms with Crippen molar-refractivity contribution in [3.05, 3.63) is 35.3 Å². The van der Waals surface area contributed by atoms with Crippen LogP contribution in [-0.2, 0) is 14.6 Å². The highest BCUT2D eigenvalue weighted by Gasteiger charge is 2.46. The molecule has 174 valence electrons. The van der Waals surface area contributed by atoms with Crippen LogP contribution in [0.25, 0.3) is 0 Å². The first-order valence-corrected chi connectivity index (χ1v) is 11.9. The van der Waals surface area contributed by atoms with Crippen molar-refractivity contribution in [2.24, 2.45) is 16.5 Å². The standard InChI is InChI=1S/C17H19F3N6O4S2/c18-11-2-1-9(5-10(11)14(19)20)24-15(21)13-16(26-30-25-13)31-4-3-23-12(27)6-17(22)7-32(28,29)8-17/h1-2,5,14H,3-4,6-8,22H2,(H2,21,24)(H,23,27). The third kappa shape index (κ3) is 5.98. The summed E-state index contributed by atoms with van der Waals surface area (Å²) < 4.78 is 66.2. The summed E-state index contributed by atoms with van der Waals surface area (Å²) in [5.74, 6) is -1.72. The minimum absolute atomic E-state index is 0.000800. The van der Waals surface area contributed by atoms with Gasteiger partial charge in [0.25, 0.3) is 6.43 Å². The number of hydrogen-bond donors (Lipinski definition) is 3. The van der Waals surface area contributed by atoms with Crippen LogP contribution >= 0.6 is 11.8 Å².